The van der Waals surface area contributed by atoms with E-state index in [0.717, 1.165) is 55.6 Å². The van der Waals surface area contributed by atoms with Crippen molar-refractivity contribution in [2.75, 3.05) is 27.8 Å². The van der Waals surface area contributed by atoms with Crippen LogP contribution >= 0.6 is 0 Å². The van der Waals surface area contributed by atoms with E-state index in [0.29, 0.717) is 5.70 Å². The molecule has 1 aliphatic heterocycles. The average Bonchev–Trinajstić information content (AvgIpc) is 3.16. The highest BCUT2D eigenvalue weighted by Crippen LogP contribution is 2.38. The van der Waals surface area contributed by atoms with E-state index < -0.39 is 0 Å². The Hall–Kier alpha value is -5.36. The molecule has 260 valence electrons. The van der Waals surface area contributed by atoms with Crippen LogP contribution < -0.4 is 33.6 Å². The van der Waals surface area contributed by atoms with Crippen molar-refractivity contribution in [3.8, 4) is 0 Å². The van der Waals surface area contributed by atoms with Gasteiger partial charge in [-0.15, -0.1) is 0 Å². The molecule has 0 saturated carbocycles. The summed E-state index contributed by atoms with van der Waals surface area (Å²) in [5, 5.41) is 11.2. The maximum absolute atomic E-state index is 6.04. The lowest BCUT2D eigenvalue weighted by Gasteiger charge is -2.30. The van der Waals surface area contributed by atoms with Crippen LogP contribution in [0.3, 0.4) is 0 Å². The lowest BCUT2D eigenvalue weighted by atomic mass is 10.0. The highest BCUT2D eigenvalue weighted by atomic mass is 15.1. The second-order valence-corrected chi connectivity index (χ2v) is 8.94. The van der Waals surface area contributed by atoms with E-state index in [-0.39, 0.29) is 6.17 Å². The molecule has 0 bridgehead atoms. The Morgan fingerprint density at radius 1 is 0.604 bits per heavy atom. The molecule has 10 N–H and O–H groups in total. The van der Waals surface area contributed by atoms with Gasteiger partial charge in [0.1, 0.15) is 6.17 Å². The summed E-state index contributed by atoms with van der Waals surface area (Å²) in [4.78, 5) is 0. The normalized spacial score (nSPS) is 12.3. The van der Waals surface area contributed by atoms with Gasteiger partial charge in [-0.2, -0.15) is 0 Å². The lowest BCUT2D eigenvalue weighted by molar-refractivity contribution is 0.963. The topological polar surface area (TPSA) is 128 Å². The molecule has 0 aliphatic carbocycles. The number of nitrogens with one attached hydrogen (secondary N) is 2. The van der Waals surface area contributed by atoms with Gasteiger partial charge in [0.25, 0.3) is 0 Å². The molecule has 0 aromatic heterocycles. The van der Waals surface area contributed by atoms with E-state index in [1.54, 1.807) is 18.2 Å². The molecule has 4 aromatic rings. The standard InChI is InChI=1S/C17H17N3.C10H10N2.C7H11N.4C2H6/c1-3-6-11(4-2)17-19-14-8-5-7-12-13(18)9-10-15(20-17)16(12)14;11-9-5-6-10(12)8-4-2-1-3-7(8)9;1-3-5-6-7(8)4-2;4*1-2/h3-10,17,19-20H,1-2,18H2;1-6H,11-12H2;3-6H,2,8H2,1H3;4*1-2H3/b11-6+;;5-3-,7-6+;;;;. The number of anilines is 5. The highest BCUT2D eigenvalue weighted by molar-refractivity contribution is 6.09. The van der Waals surface area contributed by atoms with Gasteiger partial charge in [0, 0.05) is 55.7 Å². The fourth-order valence-electron chi connectivity index (χ4n) is 4.22. The number of allylic oxidation sites excluding steroid dienone is 6. The molecule has 1 aliphatic rings. The summed E-state index contributed by atoms with van der Waals surface area (Å²) in [6.45, 7) is 29.0. The van der Waals surface area contributed by atoms with E-state index in [2.05, 4.69) is 36.4 Å². The van der Waals surface area contributed by atoms with Crippen LogP contribution in [0.15, 0.2) is 140 Å². The van der Waals surface area contributed by atoms with Crippen molar-refractivity contribution in [2.24, 2.45) is 5.73 Å². The Bertz CT molecular complexity index is 1560. The number of hydrogen-bond acceptors (Lipinski definition) is 6. The van der Waals surface area contributed by atoms with Gasteiger partial charge in [-0.1, -0.05) is 142 Å². The number of hydrogen-bond donors (Lipinski definition) is 6. The molecule has 1 heterocycles. The number of nitrogen functional groups attached to an aromatic ring is 3. The zero-order valence-electron chi connectivity index (χ0n) is 30.9. The number of nitrogens with two attached hydrogens (primary N) is 4. The fraction of sp³-hybridized carbons (Fsp3) is 0.238. The van der Waals surface area contributed by atoms with Crippen LogP contribution in [0, 0.1) is 0 Å². The molecule has 0 radical (unpaired) electrons. The van der Waals surface area contributed by atoms with E-state index in [1.165, 1.54) is 0 Å². The third-order valence-corrected chi connectivity index (χ3v) is 6.26. The van der Waals surface area contributed by atoms with E-state index in [1.807, 2.05) is 147 Å². The molecule has 6 nitrogen and oxygen atoms in total. The first-order valence-electron chi connectivity index (χ1n) is 16.9. The van der Waals surface area contributed by atoms with Crippen molar-refractivity contribution in [1.29, 1.82) is 0 Å². The summed E-state index contributed by atoms with van der Waals surface area (Å²) in [5.74, 6) is 0. The SMILES string of the molecule is C=C/C(N)=C\C=C/C.C=C/C=C(\C=C)C1Nc2cccc3c(N)ccc(c23)N1.CC.CC.CC.CC.Nc1ccc(N)c2ccccc12. The van der Waals surface area contributed by atoms with E-state index in [4.69, 9.17) is 22.9 Å². The molecule has 6 heteroatoms. The zero-order valence-corrected chi connectivity index (χ0v) is 30.9. The van der Waals surface area contributed by atoms with Crippen LogP contribution in [-0.2, 0) is 0 Å². The third-order valence-electron chi connectivity index (χ3n) is 6.26. The van der Waals surface area contributed by atoms with E-state index >= 15 is 0 Å². The molecule has 0 amide bonds. The fourth-order valence-corrected chi connectivity index (χ4v) is 4.22. The number of benzene rings is 4. The maximum atomic E-state index is 6.04. The Kier molecular flexibility index (Phi) is 25.0. The summed E-state index contributed by atoms with van der Waals surface area (Å²) in [6.07, 6.45) is 12.7. The highest BCUT2D eigenvalue weighted by Gasteiger charge is 2.21. The van der Waals surface area contributed by atoms with Gasteiger partial charge in [-0.05, 0) is 55.0 Å². The quantitative estimate of drug-likeness (QED) is 0.0942. The van der Waals surface area contributed by atoms with Crippen LogP contribution in [0.5, 0.6) is 0 Å². The molecule has 4 aromatic carbocycles. The van der Waals surface area contributed by atoms with Crippen LogP contribution in [-0.4, -0.2) is 6.17 Å². The summed E-state index contributed by atoms with van der Waals surface area (Å²) >= 11 is 0. The Balaban J connectivity index is 0. The summed E-state index contributed by atoms with van der Waals surface area (Å²) in [6, 6.07) is 21.6. The van der Waals surface area contributed by atoms with Crippen LogP contribution in [0.25, 0.3) is 21.5 Å². The summed E-state index contributed by atoms with van der Waals surface area (Å²) in [7, 11) is 0. The molecule has 0 spiro atoms. The van der Waals surface area contributed by atoms with Crippen molar-refractivity contribution in [3.05, 3.63) is 140 Å². The maximum Gasteiger partial charge on any atom is 0.123 e. The first-order chi connectivity index (χ1) is 23.3. The van der Waals surface area contributed by atoms with E-state index in [9.17, 15) is 0 Å². The molecule has 1 atom stereocenters. The van der Waals surface area contributed by atoms with Gasteiger partial charge in [0.15, 0.2) is 0 Å². The monoisotopic (exact) mass is 651 g/mol. The van der Waals surface area contributed by atoms with Gasteiger partial charge in [0.2, 0.25) is 0 Å². The predicted octanol–water partition coefficient (Wildman–Crippen LogP) is 11.6. The van der Waals surface area contributed by atoms with Gasteiger partial charge in [-0.25, -0.2) is 0 Å². The molecule has 0 saturated heterocycles. The smallest absolute Gasteiger partial charge is 0.123 e. The largest absolute Gasteiger partial charge is 0.399 e. The minimum Gasteiger partial charge on any atom is -0.399 e. The summed E-state index contributed by atoms with van der Waals surface area (Å²) in [5.41, 5.74) is 29.2. The molecule has 5 rings (SSSR count). The van der Waals surface area contributed by atoms with Crippen molar-refractivity contribution in [2.45, 2.75) is 68.5 Å². The van der Waals surface area contributed by atoms with Crippen molar-refractivity contribution in [1.82, 2.24) is 0 Å². The second-order valence-electron chi connectivity index (χ2n) is 8.94. The second kappa shape index (κ2) is 26.8. The molecule has 1 unspecified atom stereocenters. The van der Waals surface area contributed by atoms with Gasteiger partial charge >= 0.3 is 0 Å². The van der Waals surface area contributed by atoms with Gasteiger partial charge in [0.05, 0.1) is 0 Å². The Morgan fingerprint density at radius 2 is 1.06 bits per heavy atom. The van der Waals surface area contributed by atoms with Crippen molar-refractivity contribution in [3.63, 3.8) is 0 Å². The molecule has 48 heavy (non-hydrogen) atoms. The van der Waals surface area contributed by atoms with Gasteiger partial charge in [-0.3, -0.25) is 0 Å². The van der Waals surface area contributed by atoms with Crippen molar-refractivity contribution >= 4 is 50.0 Å². The number of rotatable bonds is 5. The van der Waals surface area contributed by atoms with Crippen LogP contribution in [0.4, 0.5) is 28.4 Å². The number of fused-ring (bicyclic) bond motifs is 1. The van der Waals surface area contributed by atoms with Crippen LogP contribution in [0.1, 0.15) is 62.3 Å². The zero-order chi connectivity index (χ0) is 37.1. The van der Waals surface area contributed by atoms with Crippen LogP contribution in [0.2, 0.25) is 0 Å². The molecule has 0 fully saturated rings. The first-order valence-corrected chi connectivity index (χ1v) is 16.9. The van der Waals surface area contributed by atoms with Gasteiger partial charge < -0.3 is 33.6 Å². The molecular weight excluding hydrogens is 589 g/mol. The first kappa shape index (κ1) is 44.8. The van der Waals surface area contributed by atoms with Crippen molar-refractivity contribution < 1.29 is 0 Å². The summed E-state index contributed by atoms with van der Waals surface area (Å²) < 4.78 is 0. The predicted molar refractivity (Wildman–Crippen MR) is 223 cm³/mol. The third kappa shape index (κ3) is 13.6. The Labute approximate surface area is 291 Å². The minimum atomic E-state index is -0.0211. The minimum absolute atomic E-state index is 0.0211. The Morgan fingerprint density at radius 3 is 1.52 bits per heavy atom. The average molecular weight is 651 g/mol. The lowest BCUT2D eigenvalue weighted by Crippen LogP contribution is -2.33. The molecular formula is C42H62N6.